The Balaban J connectivity index is 1.60. The van der Waals surface area contributed by atoms with Crippen LogP contribution in [0.2, 0.25) is 0 Å². The van der Waals surface area contributed by atoms with Gasteiger partial charge in [0.15, 0.2) is 0 Å². The van der Waals surface area contributed by atoms with Crippen LogP contribution in [0.3, 0.4) is 0 Å². The summed E-state index contributed by atoms with van der Waals surface area (Å²) in [6, 6.07) is 17.2. The van der Waals surface area contributed by atoms with Gasteiger partial charge in [0.2, 0.25) is 0 Å². The lowest BCUT2D eigenvalue weighted by molar-refractivity contribution is 0.0693. The molecule has 2 unspecified atom stereocenters. The van der Waals surface area contributed by atoms with Crippen LogP contribution in [0.15, 0.2) is 54.6 Å². The van der Waals surface area contributed by atoms with E-state index < -0.39 is 0 Å². The Morgan fingerprint density at radius 2 is 1.96 bits per heavy atom. The highest BCUT2D eigenvalue weighted by Gasteiger charge is 2.27. The summed E-state index contributed by atoms with van der Waals surface area (Å²) in [5.74, 6) is 0.833. The lowest BCUT2D eigenvalue weighted by Crippen LogP contribution is -2.34. The molecule has 132 valence electrons. The molecule has 25 heavy (non-hydrogen) atoms. The topological polar surface area (TPSA) is 49.8 Å². The van der Waals surface area contributed by atoms with Gasteiger partial charge in [-0.05, 0) is 36.6 Å². The molecule has 3 rings (SSSR count). The second-order valence-corrected chi connectivity index (χ2v) is 6.75. The van der Waals surface area contributed by atoms with Crippen LogP contribution in [0, 0.1) is 5.92 Å². The molecular formula is C21H25NO3. The van der Waals surface area contributed by atoms with E-state index in [0.717, 1.165) is 24.8 Å². The molecule has 0 heterocycles. The third-order valence-electron chi connectivity index (χ3n) is 4.80. The maximum atomic E-state index is 12.7. The molecule has 0 bridgehead atoms. The van der Waals surface area contributed by atoms with Crippen LogP contribution in [0.1, 0.15) is 35.2 Å². The van der Waals surface area contributed by atoms with Crippen LogP contribution >= 0.6 is 0 Å². The molecule has 0 aliphatic heterocycles. The lowest BCUT2D eigenvalue weighted by Gasteiger charge is -2.23. The van der Waals surface area contributed by atoms with Crippen molar-refractivity contribution < 1.29 is 14.6 Å². The number of carbonyl (C=O) groups excluding carboxylic acids is 1. The molecule has 1 amide bonds. The summed E-state index contributed by atoms with van der Waals surface area (Å²) in [5.41, 5.74) is 1.70. The highest BCUT2D eigenvalue weighted by molar-refractivity contribution is 5.94. The molecule has 2 atom stereocenters. The minimum Gasteiger partial charge on any atom is -0.489 e. The second kappa shape index (κ2) is 8.17. The van der Waals surface area contributed by atoms with E-state index in [9.17, 15) is 9.90 Å². The Morgan fingerprint density at radius 1 is 1.16 bits per heavy atom. The van der Waals surface area contributed by atoms with Crippen molar-refractivity contribution in [2.45, 2.75) is 32.0 Å². The van der Waals surface area contributed by atoms with E-state index >= 15 is 0 Å². The van der Waals surface area contributed by atoms with Crippen molar-refractivity contribution in [2.75, 3.05) is 13.6 Å². The van der Waals surface area contributed by atoms with Gasteiger partial charge in [0, 0.05) is 25.1 Å². The zero-order chi connectivity index (χ0) is 17.6. The van der Waals surface area contributed by atoms with E-state index in [1.54, 1.807) is 24.1 Å². The van der Waals surface area contributed by atoms with Crippen molar-refractivity contribution in [1.82, 2.24) is 4.90 Å². The number of hydrogen-bond donors (Lipinski definition) is 1. The highest BCUT2D eigenvalue weighted by atomic mass is 16.5. The largest absolute Gasteiger partial charge is 0.489 e. The summed E-state index contributed by atoms with van der Waals surface area (Å²) in [6.07, 6.45) is 2.58. The SMILES string of the molecule is CN(CC1CCCC1O)C(=O)c1cccc(OCc2ccccc2)c1. The summed E-state index contributed by atoms with van der Waals surface area (Å²) < 4.78 is 5.80. The first-order chi connectivity index (χ1) is 12.1. The van der Waals surface area contributed by atoms with Gasteiger partial charge in [-0.15, -0.1) is 0 Å². The fourth-order valence-corrected chi connectivity index (χ4v) is 3.35. The molecule has 1 fully saturated rings. The van der Waals surface area contributed by atoms with E-state index in [4.69, 9.17) is 4.74 Å². The summed E-state index contributed by atoms with van der Waals surface area (Å²) in [4.78, 5) is 14.4. The molecule has 0 spiro atoms. The average molecular weight is 339 g/mol. The zero-order valence-electron chi connectivity index (χ0n) is 14.6. The molecule has 0 radical (unpaired) electrons. The van der Waals surface area contributed by atoms with E-state index in [2.05, 4.69) is 0 Å². The van der Waals surface area contributed by atoms with Gasteiger partial charge in [0.1, 0.15) is 12.4 Å². The van der Waals surface area contributed by atoms with Crippen LogP contribution in [-0.4, -0.2) is 35.6 Å². The van der Waals surface area contributed by atoms with E-state index in [-0.39, 0.29) is 17.9 Å². The fourth-order valence-electron chi connectivity index (χ4n) is 3.35. The number of rotatable bonds is 6. The predicted octanol–water partition coefficient (Wildman–Crippen LogP) is 3.50. The van der Waals surface area contributed by atoms with Gasteiger partial charge in [-0.2, -0.15) is 0 Å². The van der Waals surface area contributed by atoms with Gasteiger partial charge in [-0.25, -0.2) is 0 Å². The van der Waals surface area contributed by atoms with Gasteiger partial charge < -0.3 is 14.7 Å². The number of amides is 1. The molecule has 0 aromatic heterocycles. The Morgan fingerprint density at radius 3 is 2.68 bits per heavy atom. The van der Waals surface area contributed by atoms with Crippen LogP contribution in [-0.2, 0) is 6.61 Å². The number of aliphatic hydroxyl groups excluding tert-OH is 1. The first kappa shape index (κ1) is 17.5. The van der Waals surface area contributed by atoms with Gasteiger partial charge in [0.25, 0.3) is 5.91 Å². The standard InChI is InChI=1S/C21H25NO3/c1-22(14-18-10-6-12-20(18)23)21(24)17-9-5-11-19(13-17)25-15-16-7-3-2-4-8-16/h2-5,7-9,11,13,18,20,23H,6,10,12,14-15H2,1H3. The maximum Gasteiger partial charge on any atom is 0.253 e. The number of benzene rings is 2. The Labute approximate surface area is 149 Å². The molecule has 0 saturated heterocycles. The summed E-state index contributed by atoms with van der Waals surface area (Å²) in [5, 5.41) is 9.95. The first-order valence-corrected chi connectivity index (χ1v) is 8.84. The van der Waals surface area contributed by atoms with Crippen LogP contribution in [0.4, 0.5) is 0 Å². The smallest absolute Gasteiger partial charge is 0.253 e. The number of carbonyl (C=O) groups is 1. The quantitative estimate of drug-likeness (QED) is 0.876. The van der Waals surface area contributed by atoms with E-state index in [1.807, 2.05) is 42.5 Å². The number of ether oxygens (including phenoxy) is 1. The second-order valence-electron chi connectivity index (χ2n) is 6.75. The Bertz CT molecular complexity index is 701. The fraction of sp³-hybridized carbons (Fsp3) is 0.381. The molecule has 4 nitrogen and oxygen atoms in total. The molecular weight excluding hydrogens is 314 g/mol. The average Bonchev–Trinajstić information content (AvgIpc) is 3.05. The van der Waals surface area contributed by atoms with E-state index in [0.29, 0.717) is 24.5 Å². The minimum absolute atomic E-state index is 0.0377. The van der Waals surface area contributed by atoms with E-state index in [1.165, 1.54) is 0 Å². The predicted molar refractivity (Wildman–Crippen MR) is 97.5 cm³/mol. The minimum atomic E-state index is -0.282. The van der Waals surface area contributed by atoms with Crippen LogP contribution in [0.5, 0.6) is 5.75 Å². The van der Waals surface area contributed by atoms with Crippen molar-refractivity contribution in [3.63, 3.8) is 0 Å². The number of nitrogens with zero attached hydrogens (tertiary/aromatic N) is 1. The monoisotopic (exact) mass is 339 g/mol. The zero-order valence-corrected chi connectivity index (χ0v) is 14.6. The third-order valence-corrected chi connectivity index (χ3v) is 4.80. The van der Waals surface area contributed by atoms with Gasteiger partial charge in [-0.3, -0.25) is 4.79 Å². The Hall–Kier alpha value is -2.33. The Kier molecular flexibility index (Phi) is 5.71. The van der Waals surface area contributed by atoms with Gasteiger partial charge >= 0.3 is 0 Å². The normalized spacial score (nSPS) is 19.6. The first-order valence-electron chi connectivity index (χ1n) is 8.84. The summed E-state index contributed by atoms with van der Waals surface area (Å²) in [7, 11) is 1.80. The summed E-state index contributed by atoms with van der Waals surface area (Å²) in [6.45, 7) is 1.07. The maximum absolute atomic E-state index is 12.7. The van der Waals surface area contributed by atoms with Gasteiger partial charge in [-0.1, -0.05) is 42.8 Å². The number of hydrogen-bond acceptors (Lipinski definition) is 3. The van der Waals surface area contributed by atoms with Crippen LogP contribution < -0.4 is 4.74 Å². The molecule has 2 aromatic rings. The molecule has 1 saturated carbocycles. The van der Waals surface area contributed by atoms with Crippen molar-refractivity contribution in [3.8, 4) is 5.75 Å². The van der Waals surface area contributed by atoms with Crippen molar-refractivity contribution >= 4 is 5.91 Å². The van der Waals surface area contributed by atoms with Gasteiger partial charge in [0.05, 0.1) is 6.10 Å². The molecule has 1 aliphatic rings. The molecule has 1 aliphatic carbocycles. The van der Waals surface area contributed by atoms with Crippen molar-refractivity contribution in [2.24, 2.45) is 5.92 Å². The third kappa shape index (κ3) is 4.60. The highest BCUT2D eigenvalue weighted by Crippen LogP contribution is 2.26. The molecule has 1 N–H and O–H groups in total. The van der Waals surface area contributed by atoms with Crippen molar-refractivity contribution in [3.05, 3.63) is 65.7 Å². The molecule has 4 heteroatoms. The number of aliphatic hydroxyl groups is 1. The van der Waals surface area contributed by atoms with Crippen molar-refractivity contribution in [1.29, 1.82) is 0 Å². The summed E-state index contributed by atoms with van der Waals surface area (Å²) >= 11 is 0. The van der Waals surface area contributed by atoms with Crippen LogP contribution in [0.25, 0.3) is 0 Å². The lowest BCUT2D eigenvalue weighted by atomic mass is 10.1. The molecule has 2 aromatic carbocycles.